The van der Waals surface area contributed by atoms with Gasteiger partial charge in [-0.25, -0.2) is 4.79 Å². The number of hydrogen-bond acceptors (Lipinski definition) is 4. The average Bonchev–Trinajstić information content (AvgIpc) is 2.54. The van der Waals surface area contributed by atoms with Crippen LogP contribution in [-0.4, -0.2) is 13.0 Å². The molecule has 6 nitrogen and oxygen atoms in total. The molecule has 23 heavy (non-hydrogen) atoms. The van der Waals surface area contributed by atoms with Crippen LogP contribution in [0.3, 0.4) is 0 Å². The largest absolute Gasteiger partial charge is 0.497 e. The first-order valence-corrected chi connectivity index (χ1v) is 6.96. The van der Waals surface area contributed by atoms with Crippen LogP contribution < -0.4 is 20.7 Å². The first-order chi connectivity index (χ1) is 11.1. The maximum absolute atomic E-state index is 11.8. The SMILES string of the molecule is COc1ccc2c(C[n+]3cccc(C(N)=O)c3)cc(=O)oc2c1. The second kappa shape index (κ2) is 5.92. The summed E-state index contributed by atoms with van der Waals surface area (Å²) in [6, 6.07) is 10.1. The van der Waals surface area contributed by atoms with Crippen molar-refractivity contribution in [2.45, 2.75) is 6.54 Å². The predicted molar refractivity (Wildman–Crippen MR) is 83.3 cm³/mol. The molecular weight excluding hydrogens is 296 g/mol. The fourth-order valence-electron chi connectivity index (χ4n) is 2.43. The number of ether oxygens (including phenoxy) is 1. The van der Waals surface area contributed by atoms with E-state index in [9.17, 15) is 9.59 Å². The molecule has 0 saturated carbocycles. The number of methoxy groups -OCH3 is 1. The van der Waals surface area contributed by atoms with Crippen LogP contribution in [0.1, 0.15) is 15.9 Å². The number of fused-ring (bicyclic) bond motifs is 1. The minimum atomic E-state index is -0.499. The Morgan fingerprint density at radius 3 is 2.87 bits per heavy atom. The van der Waals surface area contributed by atoms with Crippen molar-refractivity contribution in [3.8, 4) is 5.75 Å². The van der Waals surface area contributed by atoms with E-state index in [-0.39, 0.29) is 0 Å². The van der Waals surface area contributed by atoms with Gasteiger partial charge in [0.2, 0.25) is 0 Å². The van der Waals surface area contributed by atoms with Crippen LogP contribution in [0.15, 0.2) is 58.0 Å². The van der Waals surface area contributed by atoms with E-state index < -0.39 is 11.5 Å². The molecule has 1 aromatic carbocycles. The maximum atomic E-state index is 11.8. The molecule has 3 aromatic rings. The third-order valence-corrected chi connectivity index (χ3v) is 3.53. The molecular formula is C17H15N2O4+. The Bertz CT molecular complexity index is 947. The predicted octanol–water partition coefficient (Wildman–Crippen LogP) is 1.24. The van der Waals surface area contributed by atoms with E-state index in [1.165, 1.54) is 6.07 Å². The number of amides is 1. The summed E-state index contributed by atoms with van der Waals surface area (Å²) < 4.78 is 12.2. The van der Waals surface area contributed by atoms with Crippen LogP contribution >= 0.6 is 0 Å². The molecule has 1 amide bonds. The van der Waals surface area contributed by atoms with E-state index in [0.717, 1.165) is 10.9 Å². The highest BCUT2D eigenvalue weighted by Crippen LogP contribution is 2.22. The molecule has 0 aliphatic rings. The van der Waals surface area contributed by atoms with Crippen molar-refractivity contribution in [1.29, 1.82) is 0 Å². The Labute approximate surface area is 131 Å². The van der Waals surface area contributed by atoms with Gasteiger partial charge in [-0.05, 0) is 18.2 Å². The standard InChI is InChI=1S/C17H14N2O4/c1-22-13-4-5-14-12(7-16(20)23-15(14)8-13)10-19-6-2-3-11(9-19)17(18)21/h2-9H,10H2,1H3,(H-,18,21)/p+1. The molecule has 0 saturated heterocycles. The van der Waals surface area contributed by atoms with Gasteiger partial charge in [0.25, 0.3) is 5.91 Å². The highest BCUT2D eigenvalue weighted by atomic mass is 16.5. The molecule has 2 N–H and O–H groups in total. The zero-order chi connectivity index (χ0) is 16.4. The minimum Gasteiger partial charge on any atom is -0.497 e. The lowest BCUT2D eigenvalue weighted by Crippen LogP contribution is -2.35. The van der Waals surface area contributed by atoms with E-state index in [1.54, 1.807) is 48.3 Å². The summed E-state index contributed by atoms with van der Waals surface area (Å²) in [6.45, 7) is 0.412. The van der Waals surface area contributed by atoms with Gasteiger partial charge in [0.1, 0.15) is 16.9 Å². The Kier molecular flexibility index (Phi) is 3.80. The molecule has 0 bridgehead atoms. The number of pyridine rings is 1. The van der Waals surface area contributed by atoms with Gasteiger partial charge < -0.3 is 14.9 Å². The van der Waals surface area contributed by atoms with Crippen LogP contribution in [0, 0.1) is 0 Å². The second-order valence-corrected chi connectivity index (χ2v) is 5.08. The van der Waals surface area contributed by atoms with Crippen LogP contribution in [-0.2, 0) is 6.54 Å². The Morgan fingerprint density at radius 1 is 1.30 bits per heavy atom. The lowest BCUT2D eigenvalue weighted by Gasteiger charge is -2.05. The number of benzene rings is 1. The molecule has 0 aliphatic carbocycles. The molecule has 0 aliphatic heterocycles. The van der Waals surface area contributed by atoms with Crippen molar-refractivity contribution in [2.24, 2.45) is 5.73 Å². The fraction of sp³-hybridized carbons (Fsp3) is 0.118. The van der Waals surface area contributed by atoms with Crippen molar-refractivity contribution < 1.29 is 18.5 Å². The average molecular weight is 311 g/mol. The third-order valence-electron chi connectivity index (χ3n) is 3.53. The Balaban J connectivity index is 2.07. The monoisotopic (exact) mass is 311 g/mol. The summed E-state index contributed by atoms with van der Waals surface area (Å²) in [6.07, 6.45) is 3.45. The minimum absolute atomic E-state index is 0.404. The van der Waals surface area contributed by atoms with Gasteiger partial charge in [-0.1, -0.05) is 0 Å². The molecule has 0 unspecified atom stereocenters. The van der Waals surface area contributed by atoms with Crippen molar-refractivity contribution in [1.82, 2.24) is 0 Å². The maximum Gasteiger partial charge on any atom is 0.336 e. The number of primary amides is 1. The summed E-state index contributed by atoms with van der Waals surface area (Å²) in [5.74, 6) is 0.114. The van der Waals surface area contributed by atoms with E-state index in [4.69, 9.17) is 14.9 Å². The van der Waals surface area contributed by atoms with E-state index >= 15 is 0 Å². The summed E-state index contributed by atoms with van der Waals surface area (Å²) in [4.78, 5) is 23.1. The molecule has 116 valence electrons. The topological polar surface area (TPSA) is 86.4 Å². The van der Waals surface area contributed by atoms with Crippen molar-refractivity contribution in [3.63, 3.8) is 0 Å². The zero-order valence-corrected chi connectivity index (χ0v) is 12.5. The van der Waals surface area contributed by atoms with Gasteiger partial charge in [-0.3, -0.25) is 4.79 Å². The Morgan fingerprint density at radius 2 is 2.13 bits per heavy atom. The number of nitrogens with two attached hydrogens (primary N) is 1. The number of carbonyl (C=O) groups is 1. The molecule has 6 heteroatoms. The lowest BCUT2D eigenvalue weighted by atomic mass is 10.1. The number of nitrogens with zero attached hydrogens (tertiary/aromatic N) is 1. The molecule has 0 fully saturated rings. The fourth-order valence-corrected chi connectivity index (χ4v) is 2.43. The molecule has 0 spiro atoms. The molecule has 2 heterocycles. The zero-order valence-electron chi connectivity index (χ0n) is 12.5. The van der Waals surface area contributed by atoms with Crippen molar-refractivity contribution >= 4 is 16.9 Å². The van der Waals surface area contributed by atoms with Crippen LogP contribution in [0.25, 0.3) is 11.0 Å². The van der Waals surface area contributed by atoms with Gasteiger partial charge in [0, 0.05) is 29.1 Å². The highest BCUT2D eigenvalue weighted by Gasteiger charge is 2.13. The Hall–Kier alpha value is -3.15. The summed E-state index contributed by atoms with van der Waals surface area (Å²) in [7, 11) is 1.55. The summed E-state index contributed by atoms with van der Waals surface area (Å²) in [5.41, 5.74) is 6.50. The van der Waals surface area contributed by atoms with Gasteiger partial charge in [0.05, 0.1) is 7.11 Å². The normalized spacial score (nSPS) is 10.7. The molecule has 3 rings (SSSR count). The van der Waals surface area contributed by atoms with Crippen LogP contribution in [0.2, 0.25) is 0 Å². The van der Waals surface area contributed by atoms with Crippen molar-refractivity contribution in [2.75, 3.05) is 7.11 Å². The second-order valence-electron chi connectivity index (χ2n) is 5.08. The van der Waals surface area contributed by atoms with Gasteiger partial charge >= 0.3 is 5.63 Å². The van der Waals surface area contributed by atoms with Crippen molar-refractivity contribution in [3.05, 3.63) is 70.3 Å². The van der Waals surface area contributed by atoms with E-state index in [1.807, 2.05) is 6.07 Å². The van der Waals surface area contributed by atoms with E-state index in [2.05, 4.69) is 0 Å². The number of carbonyl (C=O) groups excluding carboxylic acids is 1. The first kappa shape index (κ1) is 14.8. The molecule has 2 aromatic heterocycles. The molecule has 0 radical (unpaired) electrons. The van der Waals surface area contributed by atoms with Crippen LogP contribution in [0.5, 0.6) is 5.75 Å². The summed E-state index contributed by atoms with van der Waals surface area (Å²) in [5, 5.41) is 0.808. The van der Waals surface area contributed by atoms with E-state index in [0.29, 0.717) is 23.4 Å². The quantitative estimate of drug-likeness (QED) is 0.580. The van der Waals surface area contributed by atoms with Gasteiger partial charge in [-0.15, -0.1) is 0 Å². The first-order valence-electron chi connectivity index (χ1n) is 6.96. The highest BCUT2D eigenvalue weighted by molar-refractivity contribution is 5.92. The van der Waals surface area contributed by atoms with Gasteiger partial charge in [0.15, 0.2) is 18.9 Å². The molecule has 0 atom stereocenters. The smallest absolute Gasteiger partial charge is 0.336 e. The summed E-state index contributed by atoms with van der Waals surface area (Å²) >= 11 is 0. The lowest BCUT2D eigenvalue weighted by molar-refractivity contribution is -0.688. The van der Waals surface area contributed by atoms with Gasteiger partial charge in [-0.2, -0.15) is 4.57 Å². The number of rotatable bonds is 4. The van der Waals surface area contributed by atoms with Crippen LogP contribution in [0.4, 0.5) is 0 Å². The number of hydrogen-bond donors (Lipinski definition) is 1. The third kappa shape index (κ3) is 3.06. The number of aromatic nitrogens is 1.